The number of amides is 1. The quantitative estimate of drug-likeness (QED) is 0.868. The molecular weight excluding hydrogens is 232 g/mol. The zero-order chi connectivity index (χ0) is 12.8. The lowest BCUT2D eigenvalue weighted by Gasteiger charge is -2.00. The van der Waals surface area contributed by atoms with E-state index in [0.717, 1.165) is 12.1 Å². The lowest BCUT2D eigenvalue weighted by Crippen LogP contribution is -2.11. The average Bonchev–Trinajstić information content (AvgIpc) is 2.76. The van der Waals surface area contributed by atoms with Gasteiger partial charge in [-0.05, 0) is 19.8 Å². The van der Waals surface area contributed by atoms with E-state index in [4.69, 9.17) is 4.42 Å². The van der Waals surface area contributed by atoms with E-state index < -0.39 is 0 Å². The summed E-state index contributed by atoms with van der Waals surface area (Å²) in [5.41, 5.74) is 0.886. The molecule has 2 aromatic rings. The monoisotopic (exact) mass is 246 g/mol. The average molecular weight is 246 g/mol. The molecule has 0 atom stereocenters. The van der Waals surface area contributed by atoms with Crippen LogP contribution in [0, 0.1) is 6.92 Å². The number of carbonyl (C=O) groups excluding carboxylic acids is 1. The fourth-order valence-electron chi connectivity index (χ4n) is 1.48. The van der Waals surface area contributed by atoms with Crippen LogP contribution in [0.15, 0.2) is 29.2 Å². The van der Waals surface area contributed by atoms with E-state index in [2.05, 4.69) is 20.3 Å². The van der Waals surface area contributed by atoms with Gasteiger partial charge < -0.3 is 4.42 Å². The van der Waals surface area contributed by atoms with Gasteiger partial charge in [0.05, 0.1) is 11.9 Å². The summed E-state index contributed by atoms with van der Waals surface area (Å²) < 4.78 is 5.15. The normalized spacial score (nSPS) is 10.3. The number of aryl methyl sites for hydroxylation is 2. The van der Waals surface area contributed by atoms with Crippen LogP contribution in [0.1, 0.15) is 24.3 Å². The molecule has 6 heteroatoms. The standard InChI is InChI=1S/C12H14N4O2/c1-9-7-15-12(18-9)16-11(17)4-2-3-10-8-13-5-6-14-10/h5-8H,2-4H2,1H3,(H,15,16,17). The second-order valence-electron chi connectivity index (χ2n) is 3.87. The highest BCUT2D eigenvalue weighted by Crippen LogP contribution is 2.08. The van der Waals surface area contributed by atoms with Crippen molar-refractivity contribution in [2.75, 3.05) is 5.32 Å². The van der Waals surface area contributed by atoms with Crippen molar-refractivity contribution in [2.24, 2.45) is 0 Å². The first kappa shape index (κ1) is 12.2. The lowest BCUT2D eigenvalue weighted by molar-refractivity contribution is -0.116. The van der Waals surface area contributed by atoms with Crippen molar-refractivity contribution in [3.63, 3.8) is 0 Å². The maximum Gasteiger partial charge on any atom is 0.301 e. The molecule has 1 amide bonds. The lowest BCUT2D eigenvalue weighted by atomic mass is 10.2. The Morgan fingerprint density at radius 3 is 2.89 bits per heavy atom. The molecule has 94 valence electrons. The number of hydrogen-bond acceptors (Lipinski definition) is 5. The van der Waals surface area contributed by atoms with Gasteiger partial charge in [0, 0.05) is 25.0 Å². The van der Waals surface area contributed by atoms with Gasteiger partial charge in [-0.25, -0.2) is 4.98 Å². The van der Waals surface area contributed by atoms with Crippen molar-refractivity contribution in [1.29, 1.82) is 0 Å². The molecule has 18 heavy (non-hydrogen) atoms. The molecule has 0 aliphatic carbocycles. The molecule has 0 saturated heterocycles. The number of aromatic nitrogens is 3. The van der Waals surface area contributed by atoms with E-state index in [9.17, 15) is 4.79 Å². The van der Waals surface area contributed by atoms with Crippen molar-refractivity contribution in [1.82, 2.24) is 15.0 Å². The van der Waals surface area contributed by atoms with Gasteiger partial charge in [0.2, 0.25) is 5.91 Å². The largest absolute Gasteiger partial charge is 0.429 e. The van der Waals surface area contributed by atoms with Crippen molar-refractivity contribution in [2.45, 2.75) is 26.2 Å². The van der Waals surface area contributed by atoms with Crippen LogP contribution in [0.25, 0.3) is 0 Å². The maximum atomic E-state index is 11.6. The van der Waals surface area contributed by atoms with Crippen molar-refractivity contribution in [3.8, 4) is 0 Å². The fraction of sp³-hybridized carbons (Fsp3) is 0.333. The minimum atomic E-state index is -0.110. The molecule has 0 spiro atoms. The zero-order valence-corrected chi connectivity index (χ0v) is 10.1. The van der Waals surface area contributed by atoms with E-state index in [0.29, 0.717) is 18.6 Å². The predicted molar refractivity (Wildman–Crippen MR) is 64.8 cm³/mol. The molecule has 2 heterocycles. The fourth-order valence-corrected chi connectivity index (χ4v) is 1.48. The van der Waals surface area contributed by atoms with E-state index >= 15 is 0 Å². The molecule has 2 aromatic heterocycles. The number of anilines is 1. The summed E-state index contributed by atoms with van der Waals surface area (Å²) in [7, 11) is 0. The molecule has 0 saturated carbocycles. The minimum Gasteiger partial charge on any atom is -0.429 e. The Bertz CT molecular complexity index is 510. The number of hydrogen-bond donors (Lipinski definition) is 1. The molecule has 6 nitrogen and oxygen atoms in total. The van der Waals surface area contributed by atoms with Crippen LogP contribution < -0.4 is 5.32 Å². The van der Waals surface area contributed by atoms with Crippen LogP contribution in [0.4, 0.5) is 6.01 Å². The Morgan fingerprint density at radius 1 is 1.33 bits per heavy atom. The molecule has 2 rings (SSSR count). The van der Waals surface area contributed by atoms with E-state index in [-0.39, 0.29) is 11.9 Å². The minimum absolute atomic E-state index is 0.110. The summed E-state index contributed by atoms with van der Waals surface area (Å²) in [6, 6.07) is 0.247. The first-order chi connectivity index (χ1) is 8.74. The van der Waals surface area contributed by atoms with Gasteiger partial charge in [0.15, 0.2) is 0 Å². The number of nitrogens with one attached hydrogen (secondary N) is 1. The Balaban J connectivity index is 1.72. The zero-order valence-electron chi connectivity index (χ0n) is 10.1. The topological polar surface area (TPSA) is 80.9 Å². The molecule has 0 bridgehead atoms. The maximum absolute atomic E-state index is 11.6. The molecule has 0 aromatic carbocycles. The van der Waals surface area contributed by atoms with Crippen molar-refractivity contribution >= 4 is 11.9 Å². The Kier molecular flexibility index (Phi) is 4.01. The van der Waals surface area contributed by atoms with Crippen LogP contribution in [0.2, 0.25) is 0 Å². The highest BCUT2D eigenvalue weighted by Gasteiger charge is 2.06. The van der Waals surface area contributed by atoms with Crippen LogP contribution in [-0.4, -0.2) is 20.9 Å². The Labute approximate surface area is 104 Å². The summed E-state index contributed by atoms with van der Waals surface area (Å²) in [4.78, 5) is 23.6. The van der Waals surface area contributed by atoms with Gasteiger partial charge >= 0.3 is 6.01 Å². The first-order valence-corrected chi connectivity index (χ1v) is 5.71. The van der Waals surface area contributed by atoms with Crippen molar-refractivity contribution in [3.05, 3.63) is 36.2 Å². The van der Waals surface area contributed by atoms with Gasteiger partial charge in [0.1, 0.15) is 5.76 Å². The summed E-state index contributed by atoms with van der Waals surface area (Å²) in [6.07, 6.45) is 8.38. The molecule has 0 radical (unpaired) electrons. The van der Waals surface area contributed by atoms with E-state index in [1.165, 1.54) is 0 Å². The second kappa shape index (κ2) is 5.90. The summed E-state index contributed by atoms with van der Waals surface area (Å²) in [5.74, 6) is 0.561. The van der Waals surface area contributed by atoms with Crippen LogP contribution >= 0.6 is 0 Å². The van der Waals surface area contributed by atoms with Gasteiger partial charge in [-0.15, -0.1) is 0 Å². The highest BCUT2D eigenvalue weighted by atomic mass is 16.4. The number of oxazole rings is 1. The Hall–Kier alpha value is -2.24. The molecule has 0 fully saturated rings. The van der Waals surface area contributed by atoms with Gasteiger partial charge in [-0.2, -0.15) is 0 Å². The third-order valence-corrected chi connectivity index (χ3v) is 2.32. The highest BCUT2D eigenvalue weighted by molar-refractivity contribution is 5.88. The van der Waals surface area contributed by atoms with Gasteiger partial charge in [-0.3, -0.25) is 20.1 Å². The first-order valence-electron chi connectivity index (χ1n) is 5.71. The van der Waals surface area contributed by atoms with Crippen molar-refractivity contribution < 1.29 is 9.21 Å². The van der Waals surface area contributed by atoms with Crippen LogP contribution in [-0.2, 0) is 11.2 Å². The number of carbonyl (C=O) groups is 1. The Morgan fingerprint density at radius 2 is 2.22 bits per heavy atom. The third kappa shape index (κ3) is 3.65. The van der Waals surface area contributed by atoms with Crippen LogP contribution in [0.3, 0.4) is 0 Å². The molecule has 0 aliphatic heterocycles. The second-order valence-corrected chi connectivity index (χ2v) is 3.87. The smallest absolute Gasteiger partial charge is 0.301 e. The molecule has 0 unspecified atom stereocenters. The summed E-state index contributed by atoms with van der Waals surface area (Å²) in [5, 5.41) is 2.60. The third-order valence-electron chi connectivity index (χ3n) is 2.32. The number of nitrogens with zero attached hydrogens (tertiary/aromatic N) is 3. The summed E-state index contributed by atoms with van der Waals surface area (Å²) >= 11 is 0. The molecular formula is C12H14N4O2. The summed E-state index contributed by atoms with van der Waals surface area (Å²) in [6.45, 7) is 1.77. The van der Waals surface area contributed by atoms with Crippen LogP contribution in [0.5, 0.6) is 0 Å². The molecule has 0 aliphatic rings. The molecule has 1 N–H and O–H groups in total. The predicted octanol–water partition coefficient (Wildman–Crippen LogP) is 1.73. The van der Waals surface area contributed by atoms with Gasteiger partial charge in [-0.1, -0.05) is 0 Å². The number of rotatable bonds is 5. The van der Waals surface area contributed by atoms with E-state index in [1.807, 2.05) is 0 Å². The van der Waals surface area contributed by atoms with Gasteiger partial charge in [0.25, 0.3) is 0 Å². The van der Waals surface area contributed by atoms with E-state index in [1.54, 1.807) is 31.7 Å². The SMILES string of the molecule is Cc1cnc(NC(=O)CCCc2cnccn2)o1.